The van der Waals surface area contributed by atoms with Gasteiger partial charge in [-0.1, -0.05) is 166 Å². The van der Waals surface area contributed by atoms with Crippen molar-refractivity contribution >= 4 is 33.7 Å². The number of alkyl halides is 1. The summed E-state index contributed by atoms with van der Waals surface area (Å²) in [6, 6.07) is 0. The molecule has 61 heavy (non-hydrogen) atoms. The molecule has 0 amide bonds. The third kappa shape index (κ3) is 10.2. The SMILES string of the molecule is CCCCCCCCCCCCCCCCCCOC(CBr)O[C@@H]1C(=O)C=C(C)[C@@H]2C[C@H]3OC(=O)C(OC(=O)CC(O)(C(C)C)C(C)C)C4[C@@H](C)[C@@H](O)[C@@]5(O)OC[C@@]43C5[C@@]12C. The molecule has 0 aromatic heterocycles. The van der Waals surface area contributed by atoms with Gasteiger partial charge >= 0.3 is 11.9 Å². The number of unbranched alkanes of at least 4 members (excludes halogenated alkanes) is 15. The molecule has 3 aliphatic carbocycles. The first kappa shape index (κ1) is 50.6. The van der Waals surface area contributed by atoms with Crippen molar-refractivity contribution in [3.05, 3.63) is 11.6 Å². The van der Waals surface area contributed by atoms with Gasteiger partial charge in [-0.2, -0.15) is 0 Å². The van der Waals surface area contributed by atoms with E-state index in [0.717, 1.165) is 24.8 Å². The van der Waals surface area contributed by atoms with E-state index in [9.17, 15) is 29.7 Å². The van der Waals surface area contributed by atoms with Gasteiger partial charge in [0.1, 0.15) is 18.3 Å². The summed E-state index contributed by atoms with van der Waals surface area (Å²) in [7, 11) is 0. The van der Waals surface area contributed by atoms with Gasteiger partial charge in [-0.3, -0.25) is 9.59 Å². The first-order valence-electron chi connectivity index (χ1n) is 24.2. The number of ketones is 1. The maximum absolute atomic E-state index is 14.2. The number of aliphatic hydroxyl groups excluding tert-OH is 1. The molecule has 2 saturated carbocycles. The number of rotatable bonds is 26. The molecule has 0 aromatic rings. The Morgan fingerprint density at radius 3 is 2.00 bits per heavy atom. The Morgan fingerprint density at radius 1 is 0.934 bits per heavy atom. The summed E-state index contributed by atoms with van der Waals surface area (Å²) in [6.07, 6.45) is 16.5. The third-order valence-electron chi connectivity index (χ3n) is 16.0. The molecular weight excluding hydrogens is 844 g/mol. The summed E-state index contributed by atoms with van der Waals surface area (Å²) in [4.78, 5) is 41.9. The van der Waals surface area contributed by atoms with Crippen LogP contribution in [0.15, 0.2) is 11.6 Å². The van der Waals surface area contributed by atoms with Gasteiger partial charge in [-0.25, -0.2) is 4.79 Å². The zero-order valence-electron chi connectivity index (χ0n) is 38.8. The molecule has 0 radical (unpaired) electrons. The normalized spacial score (nSPS) is 34.9. The van der Waals surface area contributed by atoms with Crippen LogP contribution in [0.5, 0.6) is 0 Å². The minimum atomic E-state index is -2.12. The maximum Gasteiger partial charge on any atom is 0.348 e. The van der Waals surface area contributed by atoms with Crippen LogP contribution in [0.4, 0.5) is 0 Å². The molecule has 5 aliphatic rings. The Bertz CT molecular complexity index is 1490. The Kier molecular flexibility index (Phi) is 18.0. The second-order valence-electron chi connectivity index (χ2n) is 20.4. The van der Waals surface area contributed by atoms with E-state index in [0.29, 0.717) is 18.4 Å². The quantitative estimate of drug-likeness (QED) is 0.0329. The lowest BCUT2D eigenvalue weighted by atomic mass is 9.38. The zero-order chi connectivity index (χ0) is 44.8. The molecule has 350 valence electrons. The number of halogens is 1. The van der Waals surface area contributed by atoms with Crippen LogP contribution >= 0.6 is 15.9 Å². The molecule has 0 aromatic carbocycles. The van der Waals surface area contributed by atoms with Gasteiger partial charge in [0, 0.05) is 29.3 Å². The van der Waals surface area contributed by atoms with Crippen LogP contribution in [0.25, 0.3) is 0 Å². The summed E-state index contributed by atoms with van der Waals surface area (Å²) in [5.74, 6) is -7.35. The van der Waals surface area contributed by atoms with Crippen LogP contribution in [0, 0.1) is 46.3 Å². The second-order valence-corrected chi connectivity index (χ2v) is 21.1. The second kappa shape index (κ2) is 21.7. The van der Waals surface area contributed by atoms with Crippen molar-refractivity contribution in [3.8, 4) is 0 Å². The number of hydrogen-bond donors (Lipinski definition) is 3. The lowest BCUT2D eigenvalue weighted by Gasteiger charge is -2.68. The van der Waals surface area contributed by atoms with Crippen LogP contribution in [0.1, 0.15) is 171 Å². The molecule has 12 heteroatoms. The fourth-order valence-electron chi connectivity index (χ4n) is 12.6. The third-order valence-corrected chi connectivity index (χ3v) is 16.5. The van der Waals surface area contributed by atoms with E-state index < -0.39 is 82.6 Å². The van der Waals surface area contributed by atoms with Gasteiger partial charge in [0.05, 0.1) is 24.0 Å². The van der Waals surface area contributed by atoms with Crippen molar-refractivity contribution in [2.75, 3.05) is 18.5 Å². The molecule has 2 bridgehead atoms. The molecule has 12 atom stereocenters. The molecule has 2 aliphatic heterocycles. The van der Waals surface area contributed by atoms with E-state index in [-0.39, 0.29) is 36.6 Å². The number of allylic oxidation sites excluding steroid dienone is 1. The number of hydrogen-bond acceptors (Lipinski definition) is 11. The lowest BCUT2D eigenvalue weighted by Crippen LogP contribution is -2.78. The molecule has 2 saturated heterocycles. The van der Waals surface area contributed by atoms with Gasteiger partial charge in [-0.05, 0) is 49.5 Å². The largest absolute Gasteiger partial charge is 0.459 e. The van der Waals surface area contributed by atoms with Crippen molar-refractivity contribution in [1.29, 1.82) is 0 Å². The minimum Gasteiger partial charge on any atom is -0.459 e. The number of fused-ring (bicyclic) bond motifs is 1. The number of carbonyl (C=O) groups is 3. The molecule has 5 rings (SSSR count). The Balaban J connectivity index is 1.23. The summed E-state index contributed by atoms with van der Waals surface area (Å²) in [5.41, 5.74) is -2.90. The van der Waals surface area contributed by atoms with Gasteiger partial charge in [0.15, 0.2) is 17.9 Å². The molecule has 11 nitrogen and oxygen atoms in total. The van der Waals surface area contributed by atoms with Crippen molar-refractivity contribution in [2.24, 2.45) is 46.3 Å². The van der Waals surface area contributed by atoms with E-state index in [4.69, 9.17) is 23.7 Å². The predicted octanol–water partition coefficient (Wildman–Crippen LogP) is 9.14. The summed E-state index contributed by atoms with van der Waals surface area (Å²) in [5, 5.41) is 36.4. The molecule has 2 heterocycles. The van der Waals surface area contributed by atoms with Crippen LogP contribution in [-0.2, 0) is 38.1 Å². The van der Waals surface area contributed by atoms with Gasteiger partial charge in [0.2, 0.25) is 6.10 Å². The maximum atomic E-state index is 14.2. The van der Waals surface area contributed by atoms with Gasteiger partial charge in [0.25, 0.3) is 0 Å². The van der Waals surface area contributed by atoms with E-state index in [1.807, 2.05) is 41.5 Å². The van der Waals surface area contributed by atoms with Crippen molar-refractivity contribution < 1.29 is 53.4 Å². The number of carbonyl (C=O) groups excluding carboxylic acids is 3. The fourth-order valence-corrected chi connectivity index (χ4v) is 12.9. The van der Waals surface area contributed by atoms with E-state index >= 15 is 0 Å². The highest BCUT2D eigenvalue weighted by Crippen LogP contribution is 2.74. The number of esters is 2. The number of aliphatic hydroxyl groups is 3. The van der Waals surface area contributed by atoms with Crippen LogP contribution in [-0.4, -0.2) is 93.7 Å². The molecule has 4 fully saturated rings. The number of ether oxygens (including phenoxy) is 5. The summed E-state index contributed by atoms with van der Waals surface area (Å²) < 4.78 is 31.5. The van der Waals surface area contributed by atoms with Crippen molar-refractivity contribution in [2.45, 2.75) is 213 Å². The minimum absolute atomic E-state index is 0.0855. The zero-order valence-corrected chi connectivity index (χ0v) is 40.3. The Hall–Kier alpha value is -1.41. The molecule has 3 N–H and O–H groups in total. The van der Waals surface area contributed by atoms with Crippen LogP contribution in [0.3, 0.4) is 0 Å². The smallest absolute Gasteiger partial charge is 0.348 e. The average molecular weight is 926 g/mol. The highest BCUT2D eigenvalue weighted by Gasteiger charge is 2.84. The van der Waals surface area contributed by atoms with E-state index in [1.165, 1.54) is 83.5 Å². The highest BCUT2D eigenvalue weighted by molar-refractivity contribution is 9.09. The average Bonchev–Trinajstić information content (AvgIpc) is 3.50. The Morgan fingerprint density at radius 2 is 1.48 bits per heavy atom. The fraction of sp³-hybridized carbons (Fsp3) is 0.898. The first-order chi connectivity index (χ1) is 28.9. The predicted molar refractivity (Wildman–Crippen MR) is 237 cm³/mol. The first-order valence-corrected chi connectivity index (χ1v) is 25.3. The highest BCUT2D eigenvalue weighted by atomic mass is 79.9. The van der Waals surface area contributed by atoms with Crippen LogP contribution in [0.2, 0.25) is 0 Å². The van der Waals surface area contributed by atoms with Crippen LogP contribution < -0.4 is 0 Å². The van der Waals surface area contributed by atoms with E-state index in [1.54, 1.807) is 13.0 Å². The molecule has 1 spiro atoms. The monoisotopic (exact) mass is 924 g/mol. The van der Waals surface area contributed by atoms with E-state index in [2.05, 4.69) is 22.9 Å². The molecular formula is C49H81BrO11. The van der Waals surface area contributed by atoms with Gasteiger partial charge < -0.3 is 39.0 Å². The van der Waals surface area contributed by atoms with Crippen molar-refractivity contribution in [3.63, 3.8) is 0 Å². The summed E-state index contributed by atoms with van der Waals surface area (Å²) >= 11 is 3.56. The summed E-state index contributed by atoms with van der Waals surface area (Å²) in [6.45, 7) is 15.5. The standard InChI is InChI=1S/C49H81BrO11/c1-9-10-11-12-13-14-15-16-17-18-19-20-21-22-23-24-25-57-39(29-50)61-43-36(51)26-33(6)35-27-37-47-30-58-49(56,45(47)46(35,43)8)42(53)34(7)40(47)41(44(54)59-37)60-38(52)28-48(55,31(2)3)32(4)5/h26,31-32,34-35,37,39-43,45,53,55-56H,9-25,27-30H2,1-8H3/t34-,35+,37-,39?,40?,41?,42-,43-,45?,46-,47+,49-/m1/s1. The van der Waals surface area contributed by atoms with Crippen molar-refractivity contribution in [1.82, 2.24) is 0 Å². The molecule has 4 unspecified atom stereocenters. The van der Waals surface area contributed by atoms with Gasteiger partial charge in [-0.15, -0.1) is 0 Å². The lowest BCUT2D eigenvalue weighted by molar-refractivity contribution is -0.345. The Labute approximate surface area is 375 Å². The topological polar surface area (TPSA) is 158 Å².